The quantitative estimate of drug-likeness (QED) is 0.162. The Kier molecular flexibility index (Phi) is 13.6. The summed E-state index contributed by atoms with van der Waals surface area (Å²) in [6.45, 7) is 0.420. The standard InChI is InChI=1S/C8H14O2S2.C6H14N4O2/c9-8(10)4-2-1-3-7-5-6-11-12-7;7-4(5(11)12)2-1-3-10-6(8)9/h7H,1-6H2,(H,9,10);4H,1-3,7H2,(H,11,12)(H4,8,9,10)/t7-;4-/m10/s1. The zero-order chi connectivity index (χ0) is 18.4. The molecule has 0 aromatic carbocycles. The van der Waals surface area contributed by atoms with Crippen molar-refractivity contribution in [3.8, 4) is 0 Å². The van der Waals surface area contributed by atoms with Crippen LogP contribution in [0.2, 0.25) is 0 Å². The third-order valence-electron chi connectivity index (χ3n) is 3.18. The van der Waals surface area contributed by atoms with E-state index >= 15 is 0 Å². The fourth-order valence-corrected chi connectivity index (χ4v) is 4.88. The van der Waals surface area contributed by atoms with E-state index in [1.165, 1.54) is 18.6 Å². The van der Waals surface area contributed by atoms with Gasteiger partial charge in [-0.15, -0.1) is 0 Å². The van der Waals surface area contributed by atoms with Crippen molar-refractivity contribution in [2.75, 3.05) is 12.3 Å². The highest BCUT2D eigenvalue weighted by atomic mass is 33.1. The minimum Gasteiger partial charge on any atom is -0.481 e. The lowest BCUT2D eigenvalue weighted by Gasteiger charge is -2.04. The fourth-order valence-electron chi connectivity index (χ4n) is 1.86. The first kappa shape index (κ1) is 22.9. The minimum atomic E-state index is -1.00. The lowest BCUT2D eigenvalue weighted by Crippen LogP contribution is -2.30. The maximum atomic E-state index is 10.2. The molecule has 10 heteroatoms. The maximum absolute atomic E-state index is 10.2. The number of aliphatic imine (C=N–C) groups is 1. The molecule has 0 aromatic rings. The van der Waals surface area contributed by atoms with Crippen molar-refractivity contribution >= 4 is 39.5 Å². The van der Waals surface area contributed by atoms with Gasteiger partial charge in [0.05, 0.1) is 0 Å². The van der Waals surface area contributed by atoms with Crippen LogP contribution in [0.3, 0.4) is 0 Å². The van der Waals surface area contributed by atoms with Gasteiger partial charge < -0.3 is 27.4 Å². The molecule has 0 unspecified atom stereocenters. The van der Waals surface area contributed by atoms with E-state index in [4.69, 9.17) is 27.4 Å². The number of nitrogens with two attached hydrogens (primary N) is 3. The lowest BCUT2D eigenvalue weighted by molar-refractivity contribution is -0.139. The van der Waals surface area contributed by atoms with Crippen LogP contribution in [0.5, 0.6) is 0 Å². The van der Waals surface area contributed by atoms with Crippen LogP contribution in [-0.2, 0) is 9.59 Å². The summed E-state index contributed by atoms with van der Waals surface area (Å²) in [5, 5.41) is 17.6. The van der Waals surface area contributed by atoms with Gasteiger partial charge in [0, 0.05) is 24.0 Å². The number of carbonyl (C=O) groups is 2. The Hall–Kier alpha value is -1.13. The first-order chi connectivity index (χ1) is 11.3. The summed E-state index contributed by atoms with van der Waals surface area (Å²) in [5.41, 5.74) is 15.3. The smallest absolute Gasteiger partial charge is 0.320 e. The van der Waals surface area contributed by atoms with Crippen molar-refractivity contribution in [1.82, 2.24) is 0 Å². The Balaban J connectivity index is 0.000000441. The number of hydrogen-bond acceptors (Lipinski definition) is 6. The van der Waals surface area contributed by atoms with Crippen LogP contribution in [0.25, 0.3) is 0 Å². The number of carboxylic acids is 2. The highest BCUT2D eigenvalue weighted by molar-refractivity contribution is 8.77. The number of guanidine groups is 1. The summed E-state index contributed by atoms with van der Waals surface area (Å²) < 4.78 is 0. The van der Waals surface area contributed by atoms with E-state index in [-0.39, 0.29) is 5.96 Å². The van der Waals surface area contributed by atoms with E-state index in [2.05, 4.69) is 4.99 Å². The molecular formula is C14H28N4O4S2. The van der Waals surface area contributed by atoms with Gasteiger partial charge in [0.2, 0.25) is 0 Å². The van der Waals surface area contributed by atoms with Crippen molar-refractivity contribution in [2.24, 2.45) is 22.2 Å². The molecule has 140 valence electrons. The Morgan fingerprint density at radius 3 is 2.42 bits per heavy atom. The van der Waals surface area contributed by atoms with E-state index in [9.17, 15) is 9.59 Å². The van der Waals surface area contributed by atoms with Crippen LogP contribution in [0.4, 0.5) is 0 Å². The van der Waals surface area contributed by atoms with E-state index in [0.29, 0.717) is 25.8 Å². The van der Waals surface area contributed by atoms with Crippen LogP contribution < -0.4 is 17.2 Å². The molecule has 0 radical (unpaired) electrons. The predicted octanol–water partition coefficient (Wildman–Crippen LogP) is 1.24. The molecule has 2 atom stereocenters. The highest BCUT2D eigenvalue weighted by Gasteiger charge is 2.15. The van der Waals surface area contributed by atoms with Crippen LogP contribution in [0, 0.1) is 0 Å². The topological polar surface area (TPSA) is 165 Å². The van der Waals surface area contributed by atoms with Gasteiger partial charge in [-0.1, -0.05) is 28.0 Å². The molecule has 1 aliphatic rings. The molecule has 1 saturated heterocycles. The van der Waals surface area contributed by atoms with Gasteiger partial charge in [-0.2, -0.15) is 0 Å². The fraction of sp³-hybridized carbons (Fsp3) is 0.786. The van der Waals surface area contributed by atoms with Crippen LogP contribution in [-0.4, -0.2) is 51.7 Å². The molecule has 1 fully saturated rings. The Labute approximate surface area is 150 Å². The zero-order valence-corrected chi connectivity index (χ0v) is 15.4. The van der Waals surface area contributed by atoms with Crippen molar-refractivity contribution < 1.29 is 19.8 Å². The molecule has 1 heterocycles. The number of unbranched alkanes of at least 4 members (excludes halogenated alkanes) is 1. The van der Waals surface area contributed by atoms with Crippen LogP contribution >= 0.6 is 21.6 Å². The van der Waals surface area contributed by atoms with E-state index in [1.54, 1.807) is 0 Å². The molecular weight excluding hydrogens is 352 g/mol. The van der Waals surface area contributed by atoms with Crippen molar-refractivity contribution in [3.63, 3.8) is 0 Å². The normalized spacial score (nSPS) is 17.5. The number of aliphatic carboxylic acids is 2. The molecule has 24 heavy (non-hydrogen) atoms. The highest BCUT2D eigenvalue weighted by Crippen LogP contribution is 2.39. The van der Waals surface area contributed by atoms with Crippen molar-refractivity contribution in [3.05, 3.63) is 0 Å². The Bertz CT molecular complexity index is 400. The van der Waals surface area contributed by atoms with E-state index in [0.717, 1.165) is 18.1 Å². The summed E-state index contributed by atoms with van der Waals surface area (Å²) in [6.07, 6.45) is 5.72. The predicted molar refractivity (Wildman–Crippen MR) is 100 cm³/mol. The third-order valence-corrected chi connectivity index (χ3v) is 6.19. The Morgan fingerprint density at radius 2 is 1.92 bits per heavy atom. The van der Waals surface area contributed by atoms with Gasteiger partial charge >= 0.3 is 11.9 Å². The van der Waals surface area contributed by atoms with Gasteiger partial charge in [-0.05, 0) is 32.1 Å². The number of hydrogen-bond donors (Lipinski definition) is 5. The summed E-state index contributed by atoms with van der Waals surface area (Å²) in [4.78, 5) is 24.1. The first-order valence-electron chi connectivity index (χ1n) is 7.86. The molecule has 8 N–H and O–H groups in total. The van der Waals surface area contributed by atoms with Crippen molar-refractivity contribution in [2.45, 2.75) is 56.2 Å². The SMILES string of the molecule is NC(N)=NCCC[C@H](N)C(=O)O.O=C(O)CCCC[C@@H]1CCSS1. The molecule has 0 aromatic heterocycles. The number of nitrogens with zero attached hydrogens (tertiary/aromatic N) is 1. The average Bonchev–Trinajstić information content (AvgIpc) is 3.01. The summed E-state index contributed by atoms with van der Waals surface area (Å²) in [7, 11) is 3.92. The summed E-state index contributed by atoms with van der Waals surface area (Å²) in [6, 6.07) is -0.820. The minimum absolute atomic E-state index is 0.0129. The molecule has 0 aliphatic carbocycles. The third kappa shape index (κ3) is 14.5. The number of carboxylic acid groups (broad SMARTS) is 2. The van der Waals surface area contributed by atoms with Gasteiger partial charge in [-0.25, -0.2) is 0 Å². The second kappa shape index (κ2) is 14.2. The Morgan fingerprint density at radius 1 is 1.21 bits per heavy atom. The van der Waals surface area contributed by atoms with Crippen molar-refractivity contribution in [1.29, 1.82) is 0 Å². The average molecular weight is 381 g/mol. The van der Waals surface area contributed by atoms with Crippen LogP contribution in [0.15, 0.2) is 4.99 Å². The van der Waals surface area contributed by atoms with Gasteiger partial charge in [0.15, 0.2) is 5.96 Å². The molecule has 0 spiro atoms. The maximum Gasteiger partial charge on any atom is 0.320 e. The van der Waals surface area contributed by atoms with E-state index in [1.807, 2.05) is 21.6 Å². The van der Waals surface area contributed by atoms with E-state index < -0.39 is 18.0 Å². The van der Waals surface area contributed by atoms with Gasteiger partial charge in [-0.3, -0.25) is 14.6 Å². The summed E-state index contributed by atoms with van der Waals surface area (Å²) in [5.74, 6) is -0.379. The first-order valence-corrected chi connectivity index (χ1v) is 10.2. The molecule has 0 bridgehead atoms. The molecule has 0 amide bonds. The molecule has 0 saturated carbocycles. The monoisotopic (exact) mass is 380 g/mol. The summed E-state index contributed by atoms with van der Waals surface area (Å²) >= 11 is 0. The second-order valence-electron chi connectivity index (χ2n) is 5.36. The van der Waals surface area contributed by atoms with Gasteiger partial charge in [0.25, 0.3) is 0 Å². The van der Waals surface area contributed by atoms with Crippen LogP contribution in [0.1, 0.15) is 44.9 Å². The zero-order valence-electron chi connectivity index (χ0n) is 13.7. The molecule has 8 nitrogen and oxygen atoms in total. The largest absolute Gasteiger partial charge is 0.481 e. The number of rotatable bonds is 10. The molecule has 1 aliphatic heterocycles. The molecule has 1 rings (SSSR count). The lowest BCUT2D eigenvalue weighted by atomic mass is 10.1. The second-order valence-corrected chi connectivity index (χ2v) is 8.15. The van der Waals surface area contributed by atoms with Gasteiger partial charge in [0.1, 0.15) is 6.04 Å².